The second-order valence-electron chi connectivity index (χ2n) is 13.0. The van der Waals surface area contributed by atoms with E-state index in [1.165, 1.54) is 0 Å². The Hall–Kier alpha value is -5.98. The molecule has 320 valence electrons. The first-order valence-electron chi connectivity index (χ1n) is 17.8. The number of nitrogens with one attached hydrogen (secondary N) is 2. The van der Waals surface area contributed by atoms with Crippen molar-refractivity contribution < 1.29 is 75.4 Å². The second kappa shape index (κ2) is 19.2. The number of amides is 2. The molecule has 2 saturated heterocycles. The normalized spacial score (nSPS) is 22.9. The zero-order chi connectivity index (χ0) is 42.9. The Labute approximate surface area is 329 Å². The molecule has 5 rings (SSSR count). The first-order chi connectivity index (χ1) is 28.0. The largest absolute Gasteiger partial charge is 0.463 e. The Morgan fingerprint density at radius 3 is 1.63 bits per heavy atom. The van der Waals surface area contributed by atoms with Crippen molar-refractivity contribution in [1.82, 2.24) is 19.1 Å². The van der Waals surface area contributed by atoms with E-state index in [0.717, 1.165) is 30.9 Å². The van der Waals surface area contributed by atoms with Crippen LogP contribution in [0.1, 0.15) is 50.6 Å². The lowest BCUT2D eigenvalue weighted by molar-refractivity contribution is -0.157. The number of alkyl halides is 4. The monoisotopic (exact) mass is 842 g/mol. The maximum absolute atomic E-state index is 15.0. The SMILES string of the molecule is CCCCOC(=O)Nc1ccn([C@@H]2O[C@H](COC(=O)CCC(=O)OC[C@H]3O[C@@H](n4ccc(NC(=O)OCc5ccccc5)nc4=O)C(F)(F)[C@@H]3O)[C@@H](O)C2(F)F)c(=O)n1. The van der Waals surface area contributed by atoms with Gasteiger partial charge in [0.1, 0.15) is 43.7 Å². The molecule has 2 amide bonds. The Kier molecular flexibility index (Phi) is 14.3. The number of esters is 2. The van der Waals surface area contributed by atoms with Gasteiger partial charge in [-0.15, -0.1) is 0 Å². The molecule has 1 aromatic carbocycles. The summed E-state index contributed by atoms with van der Waals surface area (Å²) in [6.45, 7) is -0.0416. The molecule has 0 bridgehead atoms. The van der Waals surface area contributed by atoms with Gasteiger partial charge < -0.3 is 38.6 Å². The average Bonchev–Trinajstić information content (AvgIpc) is 3.56. The van der Waals surface area contributed by atoms with E-state index in [0.29, 0.717) is 21.1 Å². The number of halogens is 4. The van der Waals surface area contributed by atoms with Crippen LogP contribution in [0.2, 0.25) is 0 Å². The highest BCUT2D eigenvalue weighted by molar-refractivity contribution is 5.83. The number of aromatic nitrogens is 4. The van der Waals surface area contributed by atoms with E-state index < -0.39 is 110 Å². The van der Waals surface area contributed by atoms with E-state index >= 15 is 8.78 Å². The van der Waals surface area contributed by atoms with E-state index in [1.54, 1.807) is 30.3 Å². The van der Waals surface area contributed by atoms with Crippen LogP contribution in [0.15, 0.2) is 64.4 Å². The third-order valence-electron chi connectivity index (χ3n) is 8.68. The molecule has 0 spiro atoms. The van der Waals surface area contributed by atoms with Crippen molar-refractivity contribution in [3.8, 4) is 0 Å². The average molecular weight is 843 g/mol. The van der Waals surface area contributed by atoms with E-state index in [1.807, 2.05) is 6.92 Å². The summed E-state index contributed by atoms with van der Waals surface area (Å²) >= 11 is 0. The van der Waals surface area contributed by atoms with Crippen molar-refractivity contribution in [2.24, 2.45) is 0 Å². The predicted molar refractivity (Wildman–Crippen MR) is 188 cm³/mol. The van der Waals surface area contributed by atoms with Gasteiger partial charge in [0.2, 0.25) is 12.5 Å². The Balaban J connectivity index is 1.06. The maximum atomic E-state index is 15.0. The van der Waals surface area contributed by atoms with Crippen LogP contribution in [-0.2, 0) is 44.6 Å². The number of hydrogen-bond acceptors (Lipinski definition) is 16. The lowest BCUT2D eigenvalue weighted by Gasteiger charge is -2.21. The van der Waals surface area contributed by atoms with Crippen LogP contribution in [0.5, 0.6) is 0 Å². The van der Waals surface area contributed by atoms with Crippen LogP contribution in [0.25, 0.3) is 0 Å². The van der Waals surface area contributed by atoms with Gasteiger partial charge in [0.25, 0.3) is 0 Å². The third kappa shape index (κ3) is 11.0. The summed E-state index contributed by atoms with van der Waals surface area (Å²) < 4.78 is 90.6. The van der Waals surface area contributed by atoms with Crippen molar-refractivity contribution in [2.45, 2.75) is 87.9 Å². The van der Waals surface area contributed by atoms with Gasteiger partial charge in [-0.2, -0.15) is 27.5 Å². The fraction of sp³-hybridized carbons (Fsp3) is 0.486. The van der Waals surface area contributed by atoms with Gasteiger partial charge in [-0.05, 0) is 24.1 Å². The number of carbonyl (C=O) groups is 4. The zero-order valence-corrected chi connectivity index (χ0v) is 30.9. The number of benzene rings is 1. The zero-order valence-electron chi connectivity index (χ0n) is 30.9. The Morgan fingerprint density at radius 2 is 1.19 bits per heavy atom. The van der Waals surface area contributed by atoms with E-state index in [9.17, 15) is 47.8 Å². The second-order valence-corrected chi connectivity index (χ2v) is 13.0. The van der Waals surface area contributed by atoms with Crippen LogP contribution in [0, 0.1) is 0 Å². The predicted octanol–water partition coefficient (Wildman–Crippen LogP) is 2.25. The first-order valence-corrected chi connectivity index (χ1v) is 17.8. The number of carbonyl (C=O) groups excluding carboxylic acids is 4. The molecule has 59 heavy (non-hydrogen) atoms. The fourth-order valence-electron chi connectivity index (χ4n) is 5.55. The number of aliphatic hydroxyl groups is 2. The Morgan fingerprint density at radius 1 is 0.729 bits per heavy atom. The van der Waals surface area contributed by atoms with Gasteiger partial charge in [0.15, 0.2) is 12.2 Å². The van der Waals surface area contributed by atoms with Crippen molar-refractivity contribution in [2.75, 3.05) is 30.5 Å². The highest BCUT2D eigenvalue weighted by atomic mass is 19.3. The molecule has 3 aromatic rings. The molecule has 2 aromatic heterocycles. The standard InChI is InChI=1S/C35H38F4N6O14/c1-2-3-15-54-32(52)42-22-11-13-44(30(50)40-22)28-34(36,37)26(48)20(58-28)17-55-24(46)9-10-25(47)56-18-21-27(49)35(38,39)29(59-21)45-14-12-23(41-31(45)51)43-33(53)57-16-19-7-5-4-6-8-19/h4-8,11-14,20-21,26-29,48-49H,2-3,9-10,15-18H2,1H3,(H,40,42,50,52)(H,41,43,51,53)/t20-,21-,26-,27-,28-,29-/m1/s1. The number of rotatable bonds is 16. The molecular formula is C35H38F4N6O14. The van der Waals surface area contributed by atoms with Crippen LogP contribution in [0.3, 0.4) is 0 Å². The minimum absolute atomic E-state index is 0.0981. The molecule has 0 saturated carbocycles. The highest BCUT2D eigenvalue weighted by Gasteiger charge is 2.61. The van der Waals surface area contributed by atoms with Crippen molar-refractivity contribution >= 4 is 35.8 Å². The van der Waals surface area contributed by atoms with Gasteiger partial charge >= 0.3 is 47.3 Å². The van der Waals surface area contributed by atoms with Gasteiger partial charge in [0, 0.05) is 12.4 Å². The van der Waals surface area contributed by atoms with Crippen molar-refractivity contribution in [3.63, 3.8) is 0 Å². The molecule has 2 aliphatic rings. The summed E-state index contributed by atoms with van der Waals surface area (Å²) in [5.74, 6) is -11.1. The third-order valence-corrected chi connectivity index (χ3v) is 8.68. The van der Waals surface area contributed by atoms with Gasteiger partial charge in [0.05, 0.1) is 19.4 Å². The molecule has 6 atom stereocenters. The van der Waals surface area contributed by atoms with Crippen molar-refractivity contribution in [3.05, 3.63) is 81.4 Å². The Bertz CT molecular complexity index is 2090. The quantitative estimate of drug-likeness (QED) is 0.0698. The molecule has 20 nitrogen and oxygen atoms in total. The lowest BCUT2D eigenvalue weighted by atomic mass is 10.1. The minimum Gasteiger partial charge on any atom is -0.463 e. The van der Waals surface area contributed by atoms with Crippen LogP contribution in [-0.4, -0.2) is 110 Å². The molecule has 0 radical (unpaired) electrons. The number of aliphatic hydroxyl groups excluding tert-OH is 2. The lowest BCUT2D eigenvalue weighted by Crippen LogP contribution is -2.42. The molecule has 2 fully saturated rings. The van der Waals surface area contributed by atoms with E-state index in [-0.39, 0.29) is 24.8 Å². The fourth-order valence-corrected chi connectivity index (χ4v) is 5.55. The number of hydrogen-bond donors (Lipinski definition) is 4. The minimum atomic E-state index is -4.10. The van der Waals surface area contributed by atoms with Crippen LogP contribution >= 0.6 is 0 Å². The van der Waals surface area contributed by atoms with E-state index in [2.05, 4.69) is 20.6 Å². The molecule has 4 N–H and O–H groups in total. The molecule has 2 aliphatic heterocycles. The van der Waals surface area contributed by atoms with Crippen LogP contribution < -0.4 is 22.0 Å². The van der Waals surface area contributed by atoms with Gasteiger partial charge in [-0.3, -0.25) is 29.4 Å². The number of ether oxygens (including phenoxy) is 6. The highest BCUT2D eigenvalue weighted by Crippen LogP contribution is 2.43. The maximum Gasteiger partial charge on any atom is 0.413 e. The molecular weight excluding hydrogens is 804 g/mol. The van der Waals surface area contributed by atoms with Crippen LogP contribution in [0.4, 0.5) is 38.8 Å². The number of nitrogens with zero attached hydrogens (tertiary/aromatic N) is 4. The summed E-state index contributed by atoms with van der Waals surface area (Å²) in [5, 5.41) is 24.8. The molecule has 24 heteroatoms. The molecule has 0 aliphatic carbocycles. The summed E-state index contributed by atoms with van der Waals surface area (Å²) in [6.07, 6.45) is -14.0. The first kappa shape index (κ1) is 44.1. The summed E-state index contributed by atoms with van der Waals surface area (Å²) in [6, 6.07) is 10.6. The van der Waals surface area contributed by atoms with Gasteiger partial charge in [-0.25, -0.2) is 19.2 Å². The molecule has 4 heterocycles. The van der Waals surface area contributed by atoms with Gasteiger partial charge in [-0.1, -0.05) is 43.7 Å². The summed E-state index contributed by atoms with van der Waals surface area (Å²) in [5.41, 5.74) is -1.92. The smallest absolute Gasteiger partial charge is 0.413 e. The van der Waals surface area contributed by atoms with Crippen molar-refractivity contribution in [1.29, 1.82) is 0 Å². The topological polar surface area (TPSA) is 258 Å². The number of unbranched alkanes of at least 4 members (excludes halogenated alkanes) is 1. The summed E-state index contributed by atoms with van der Waals surface area (Å²) in [7, 11) is 0. The number of anilines is 2. The summed E-state index contributed by atoms with van der Waals surface area (Å²) in [4.78, 5) is 80.6. The molecule has 0 unspecified atom stereocenters. The van der Waals surface area contributed by atoms with E-state index in [4.69, 9.17) is 28.4 Å².